The number of rotatable bonds is 9. The molecule has 35 heavy (non-hydrogen) atoms. The van der Waals surface area contributed by atoms with E-state index >= 15 is 0 Å². The van der Waals surface area contributed by atoms with E-state index in [9.17, 15) is 5.26 Å². The average Bonchev–Trinajstić information content (AvgIpc) is 3.39. The first-order valence-electron chi connectivity index (χ1n) is 11.9. The zero-order valence-electron chi connectivity index (χ0n) is 19.8. The molecule has 0 aliphatic carbocycles. The third-order valence-corrected chi connectivity index (χ3v) is 6.24. The van der Waals surface area contributed by atoms with Gasteiger partial charge in [0.25, 0.3) is 0 Å². The molecule has 178 valence electrons. The van der Waals surface area contributed by atoms with Crippen molar-refractivity contribution in [3.8, 4) is 17.6 Å². The number of nitriles is 1. The number of nitrogens with one attached hydrogen (secondary N) is 1. The molecule has 7 nitrogen and oxygen atoms in total. The van der Waals surface area contributed by atoms with Gasteiger partial charge in [-0.1, -0.05) is 18.2 Å². The molecular formula is C28H28N4O3. The number of ether oxygens (including phenoxy) is 2. The number of unbranched alkanes of at least 4 members (excludes halogenated alkanes) is 1. The molecule has 0 fully saturated rings. The van der Waals surface area contributed by atoms with Crippen LogP contribution in [0.15, 0.2) is 65.6 Å². The van der Waals surface area contributed by atoms with Crippen LogP contribution in [0.2, 0.25) is 0 Å². The molecule has 0 radical (unpaired) electrons. The van der Waals surface area contributed by atoms with Gasteiger partial charge in [0.2, 0.25) is 0 Å². The number of fused-ring (bicyclic) bond motifs is 2. The van der Waals surface area contributed by atoms with Crippen molar-refractivity contribution >= 4 is 33.2 Å². The highest BCUT2D eigenvalue weighted by molar-refractivity contribution is 6.00. The zero-order chi connectivity index (χ0) is 24.0. The second-order valence-electron chi connectivity index (χ2n) is 8.57. The van der Waals surface area contributed by atoms with Gasteiger partial charge in [-0.05, 0) is 50.1 Å². The first kappa shape index (κ1) is 22.6. The predicted molar refractivity (Wildman–Crippen MR) is 137 cm³/mol. The summed E-state index contributed by atoms with van der Waals surface area (Å²) < 4.78 is 17.4. The maximum absolute atomic E-state index is 9.75. The maximum Gasteiger partial charge on any atom is 0.163 e. The van der Waals surface area contributed by atoms with Crippen LogP contribution in [0.4, 0.5) is 11.4 Å². The molecule has 7 heteroatoms. The fourth-order valence-corrected chi connectivity index (χ4v) is 4.41. The monoisotopic (exact) mass is 468 g/mol. The largest absolute Gasteiger partial charge is 0.493 e. The number of allylic oxidation sites excluding steroid dienone is 1. The van der Waals surface area contributed by atoms with E-state index in [1.165, 1.54) is 12.8 Å². The van der Waals surface area contributed by atoms with Crippen LogP contribution < -0.4 is 14.8 Å². The summed E-state index contributed by atoms with van der Waals surface area (Å²) in [6.07, 6.45) is 12.1. The lowest BCUT2D eigenvalue weighted by Crippen LogP contribution is -2.22. The SMILES string of the molecule is COc1cc2c(Nc3cccc4ccoc34)c(C#N)cnc2cc1OCCCCN1C=CCCC1. The van der Waals surface area contributed by atoms with Crippen molar-refractivity contribution < 1.29 is 13.9 Å². The predicted octanol–water partition coefficient (Wildman–Crippen LogP) is 6.37. The summed E-state index contributed by atoms with van der Waals surface area (Å²) in [5, 5.41) is 14.9. The number of methoxy groups -OCH3 is 1. The third-order valence-electron chi connectivity index (χ3n) is 6.24. The Morgan fingerprint density at radius 2 is 2.14 bits per heavy atom. The molecule has 2 aromatic heterocycles. The fraction of sp³-hybridized carbons (Fsp3) is 0.286. The molecule has 4 aromatic rings. The first-order valence-corrected chi connectivity index (χ1v) is 11.9. The van der Waals surface area contributed by atoms with Crippen LogP contribution in [0.3, 0.4) is 0 Å². The highest BCUT2D eigenvalue weighted by Gasteiger charge is 2.16. The van der Waals surface area contributed by atoms with Gasteiger partial charge in [-0.3, -0.25) is 4.98 Å². The molecule has 1 aliphatic rings. The van der Waals surface area contributed by atoms with Crippen LogP contribution in [-0.2, 0) is 0 Å². The van der Waals surface area contributed by atoms with E-state index < -0.39 is 0 Å². The number of nitrogens with zero attached hydrogens (tertiary/aromatic N) is 3. The molecule has 3 heterocycles. The lowest BCUT2D eigenvalue weighted by molar-refractivity contribution is 0.273. The van der Waals surface area contributed by atoms with Crippen molar-refractivity contribution in [1.82, 2.24) is 9.88 Å². The highest BCUT2D eigenvalue weighted by atomic mass is 16.5. The summed E-state index contributed by atoms with van der Waals surface area (Å²) in [7, 11) is 1.62. The number of pyridine rings is 1. The molecule has 2 aromatic carbocycles. The van der Waals surface area contributed by atoms with Gasteiger partial charge in [-0.15, -0.1) is 0 Å². The molecule has 0 amide bonds. The number of aromatic nitrogens is 1. The number of para-hydroxylation sites is 1. The Labute approximate surface area is 204 Å². The minimum atomic E-state index is 0.434. The van der Waals surface area contributed by atoms with Crippen molar-refractivity contribution in [3.63, 3.8) is 0 Å². The van der Waals surface area contributed by atoms with Gasteiger partial charge in [0, 0.05) is 36.1 Å². The van der Waals surface area contributed by atoms with E-state index in [-0.39, 0.29) is 0 Å². The second-order valence-corrected chi connectivity index (χ2v) is 8.57. The van der Waals surface area contributed by atoms with E-state index in [1.807, 2.05) is 36.4 Å². The molecule has 0 unspecified atom stereocenters. The summed E-state index contributed by atoms with van der Waals surface area (Å²) in [5.41, 5.74) is 3.31. The van der Waals surface area contributed by atoms with Crippen LogP contribution in [0.25, 0.3) is 21.9 Å². The number of hydrogen-bond donors (Lipinski definition) is 1. The quantitative estimate of drug-likeness (QED) is 0.286. The van der Waals surface area contributed by atoms with Crippen LogP contribution in [0.5, 0.6) is 11.5 Å². The Hall–Kier alpha value is -4.18. The van der Waals surface area contributed by atoms with E-state index in [0.717, 1.165) is 48.0 Å². The van der Waals surface area contributed by atoms with Crippen molar-refractivity contribution in [1.29, 1.82) is 5.26 Å². The smallest absolute Gasteiger partial charge is 0.163 e. The summed E-state index contributed by atoms with van der Waals surface area (Å²) in [5.74, 6) is 1.25. The third kappa shape index (κ3) is 4.87. The number of furan rings is 1. The summed E-state index contributed by atoms with van der Waals surface area (Å²) in [6, 6.07) is 13.8. The van der Waals surface area contributed by atoms with E-state index in [0.29, 0.717) is 34.9 Å². The normalized spacial score (nSPS) is 13.2. The molecular weight excluding hydrogens is 440 g/mol. The van der Waals surface area contributed by atoms with Crippen molar-refractivity contribution in [2.45, 2.75) is 25.7 Å². The van der Waals surface area contributed by atoms with Gasteiger partial charge < -0.3 is 24.1 Å². The minimum absolute atomic E-state index is 0.434. The lowest BCUT2D eigenvalue weighted by atomic mass is 10.1. The Bertz CT molecular complexity index is 1400. The Balaban J connectivity index is 1.37. The molecule has 0 saturated carbocycles. The van der Waals surface area contributed by atoms with Crippen LogP contribution in [-0.4, -0.2) is 36.7 Å². The van der Waals surface area contributed by atoms with Gasteiger partial charge >= 0.3 is 0 Å². The number of hydrogen-bond acceptors (Lipinski definition) is 7. The Morgan fingerprint density at radius 1 is 1.20 bits per heavy atom. The zero-order valence-corrected chi connectivity index (χ0v) is 19.8. The summed E-state index contributed by atoms with van der Waals surface area (Å²) in [4.78, 5) is 6.88. The van der Waals surface area contributed by atoms with E-state index in [1.54, 1.807) is 19.6 Å². The van der Waals surface area contributed by atoms with Crippen molar-refractivity contribution in [2.24, 2.45) is 0 Å². The van der Waals surface area contributed by atoms with Crippen LogP contribution in [0, 0.1) is 11.3 Å². The van der Waals surface area contributed by atoms with E-state index in [2.05, 4.69) is 33.5 Å². The molecule has 0 spiro atoms. The van der Waals surface area contributed by atoms with Gasteiger partial charge in [-0.2, -0.15) is 5.26 Å². The van der Waals surface area contributed by atoms with E-state index in [4.69, 9.17) is 13.9 Å². The van der Waals surface area contributed by atoms with Gasteiger partial charge in [-0.25, -0.2) is 0 Å². The lowest BCUT2D eigenvalue weighted by Gasteiger charge is -2.23. The molecule has 5 rings (SSSR count). The maximum atomic E-state index is 9.75. The summed E-state index contributed by atoms with van der Waals surface area (Å²) in [6.45, 7) is 2.78. The first-order chi connectivity index (χ1) is 17.3. The van der Waals surface area contributed by atoms with Crippen LogP contribution in [0.1, 0.15) is 31.2 Å². The average molecular weight is 469 g/mol. The topological polar surface area (TPSA) is 83.5 Å². The molecule has 1 aliphatic heterocycles. The molecule has 0 bridgehead atoms. The second kappa shape index (κ2) is 10.4. The van der Waals surface area contributed by atoms with Gasteiger partial charge in [0.15, 0.2) is 17.1 Å². The van der Waals surface area contributed by atoms with Crippen LogP contribution >= 0.6 is 0 Å². The van der Waals surface area contributed by atoms with Gasteiger partial charge in [0.05, 0.1) is 42.4 Å². The Kier molecular flexibility index (Phi) is 6.71. The number of anilines is 2. The molecule has 1 N–H and O–H groups in total. The Morgan fingerprint density at radius 3 is 2.97 bits per heavy atom. The minimum Gasteiger partial charge on any atom is -0.493 e. The van der Waals surface area contributed by atoms with Crippen molar-refractivity contribution in [3.05, 3.63) is 66.7 Å². The highest BCUT2D eigenvalue weighted by Crippen LogP contribution is 2.38. The molecule has 0 atom stereocenters. The molecule has 0 saturated heterocycles. The van der Waals surface area contributed by atoms with Crippen molar-refractivity contribution in [2.75, 3.05) is 32.1 Å². The standard InChI is InChI=1S/C28H28N4O3/c1-33-25-16-22-24(17-26(25)34-14-6-5-13-32-11-3-2-4-12-32)30-19-21(18-29)27(22)31-23-9-7-8-20-10-15-35-28(20)23/h3,7-11,15-17,19H,2,4-6,12-14H2,1H3,(H,30,31). The van der Waals surface area contributed by atoms with Gasteiger partial charge in [0.1, 0.15) is 6.07 Å². The fourth-order valence-electron chi connectivity index (χ4n) is 4.41. The summed E-state index contributed by atoms with van der Waals surface area (Å²) >= 11 is 0. The number of benzene rings is 2.